The summed E-state index contributed by atoms with van der Waals surface area (Å²) in [6.07, 6.45) is -0.226. The fourth-order valence-electron chi connectivity index (χ4n) is 2.37. The molecule has 0 aromatic rings. The van der Waals surface area contributed by atoms with Crippen molar-refractivity contribution in [3.8, 4) is 0 Å². The Morgan fingerprint density at radius 1 is 1.00 bits per heavy atom. The van der Waals surface area contributed by atoms with E-state index < -0.39 is 41.6 Å². The number of nitrogens with one attached hydrogen (secondary N) is 3. The van der Waals surface area contributed by atoms with Gasteiger partial charge in [0.2, 0.25) is 17.7 Å². The number of carboxylic acids is 1. The summed E-state index contributed by atoms with van der Waals surface area (Å²) in [5, 5.41) is 16.6. The first-order valence-corrected chi connectivity index (χ1v) is 10.1. The van der Waals surface area contributed by atoms with Crippen LogP contribution < -0.4 is 16.0 Å². The fourth-order valence-corrected chi connectivity index (χ4v) is 2.37. The van der Waals surface area contributed by atoms with E-state index >= 15 is 0 Å². The standard InChI is InChI=1S/C20H36N4O7/c1-12(2)16(23-14(25)9-8-10-15(26)24(6)7)17(27)22-13(18(28)29)11-21-19(30)31-20(3,4)5/h12-13,16H,8-11H2,1-7H3,(H,21,30)(H,22,27)(H,23,25)(H,28,29)/t13-,16-/m0/s1. The first-order valence-electron chi connectivity index (χ1n) is 10.1. The zero-order chi connectivity index (χ0) is 24.4. The highest BCUT2D eigenvalue weighted by Gasteiger charge is 2.29. The molecule has 0 aromatic carbocycles. The molecule has 178 valence electrons. The summed E-state index contributed by atoms with van der Waals surface area (Å²) in [6.45, 7) is 8.01. The SMILES string of the molecule is CC(C)[C@H](NC(=O)CCCC(=O)N(C)C)C(=O)N[C@@H](CNC(=O)OC(C)(C)C)C(=O)O. The number of rotatable bonds is 11. The van der Waals surface area contributed by atoms with Crippen LogP contribution in [0.15, 0.2) is 0 Å². The molecule has 2 atom stereocenters. The summed E-state index contributed by atoms with van der Waals surface area (Å²) in [5.74, 6) is -2.88. The Morgan fingerprint density at radius 3 is 2.03 bits per heavy atom. The quantitative estimate of drug-likeness (QED) is 0.361. The molecule has 0 aliphatic rings. The van der Waals surface area contributed by atoms with Gasteiger partial charge < -0.3 is 30.7 Å². The second-order valence-corrected chi connectivity index (χ2v) is 8.71. The Labute approximate surface area is 183 Å². The number of hydrogen-bond donors (Lipinski definition) is 4. The lowest BCUT2D eigenvalue weighted by atomic mass is 10.0. The minimum atomic E-state index is -1.41. The number of amides is 4. The molecule has 11 heteroatoms. The number of hydrogen-bond acceptors (Lipinski definition) is 6. The van der Waals surface area contributed by atoms with Gasteiger partial charge >= 0.3 is 12.1 Å². The van der Waals surface area contributed by atoms with Crippen molar-refractivity contribution in [2.45, 2.75) is 71.6 Å². The van der Waals surface area contributed by atoms with Gasteiger partial charge in [-0.05, 0) is 33.1 Å². The first-order chi connectivity index (χ1) is 14.1. The van der Waals surface area contributed by atoms with E-state index in [0.29, 0.717) is 6.42 Å². The highest BCUT2D eigenvalue weighted by atomic mass is 16.6. The van der Waals surface area contributed by atoms with Crippen LogP contribution in [0.3, 0.4) is 0 Å². The van der Waals surface area contributed by atoms with Crippen molar-refractivity contribution in [3.05, 3.63) is 0 Å². The molecule has 4 N–H and O–H groups in total. The highest BCUT2D eigenvalue weighted by molar-refractivity contribution is 5.91. The van der Waals surface area contributed by atoms with Gasteiger partial charge in [0.25, 0.3) is 0 Å². The molecule has 0 rings (SSSR count). The van der Waals surface area contributed by atoms with Gasteiger partial charge in [-0.15, -0.1) is 0 Å². The van der Waals surface area contributed by atoms with Gasteiger partial charge in [0.1, 0.15) is 17.7 Å². The van der Waals surface area contributed by atoms with E-state index in [-0.39, 0.29) is 31.2 Å². The Bertz CT molecular complexity index is 656. The van der Waals surface area contributed by atoms with E-state index in [2.05, 4.69) is 16.0 Å². The van der Waals surface area contributed by atoms with Crippen molar-refractivity contribution < 1.29 is 33.8 Å². The zero-order valence-electron chi connectivity index (χ0n) is 19.4. The monoisotopic (exact) mass is 444 g/mol. The summed E-state index contributed by atoms with van der Waals surface area (Å²) < 4.78 is 5.04. The number of carbonyl (C=O) groups is 5. The second kappa shape index (κ2) is 12.8. The third-order valence-electron chi connectivity index (χ3n) is 4.02. The van der Waals surface area contributed by atoms with Crippen LogP contribution in [0.2, 0.25) is 0 Å². The molecule has 0 radical (unpaired) electrons. The van der Waals surface area contributed by atoms with E-state index in [1.807, 2.05) is 0 Å². The third kappa shape index (κ3) is 12.4. The predicted octanol–water partition coefficient (Wildman–Crippen LogP) is 0.480. The van der Waals surface area contributed by atoms with Crippen LogP contribution in [0.4, 0.5) is 4.79 Å². The highest BCUT2D eigenvalue weighted by Crippen LogP contribution is 2.07. The minimum Gasteiger partial charge on any atom is -0.480 e. The molecule has 0 aliphatic carbocycles. The summed E-state index contributed by atoms with van der Waals surface area (Å²) >= 11 is 0. The van der Waals surface area contributed by atoms with Gasteiger partial charge in [0, 0.05) is 26.9 Å². The van der Waals surface area contributed by atoms with Gasteiger partial charge in [-0.2, -0.15) is 0 Å². The van der Waals surface area contributed by atoms with Crippen molar-refractivity contribution in [1.82, 2.24) is 20.9 Å². The van der Waals surface area contributed by atoms with Gasteiger partial charge in [-0.1, -0.05) is 13.8 Å². The maximum absolute atomic E-state index is 12.6. The smallest absolute Gasteiger partial charge is 0.407 e. The topological polar surface area (TPSA) is 154 Å². The number of nitrogens with zero attached hydrogens (tertiary/aromatic N) is 1. The molecule has 31 heavy (non-hydrogen) atoms. The molecular weight excluding hydrogens is 408 g/mol. The van der Waals surface area contributed by atoms with E-state index in [0.717, 1.165) is 0 Å². The number of alkyl carbamates (subject to hydrolysis) is 1. The fraction of sp³-hybridized carbons (Fsp3) is 0.750. The summed E-state index contributed by atoms with van der Waals surface area (Å²) in [6, 6.07) is -2.38. The van der Waals surface area contributed by atoms with Gasteiger partial charge in [0.15, 0.2) is 0 Å². The van der Waals surface area contributed by atoms with Crippen LogP contribution in [0.5, 0.6) is 0 Å². The molecule has 0 fully saturated rings. The number of carboxylic acid groups (broad SMARTS) is 1. The molecule has 4 amide bonds. The lowest BCUT2D eigenvalue weighted by molar-refractivity contribution is -0.142. The maximum atomic E-state index is 12.6. The molecular formula is C20H36N4O7. The minimum absolute atomic E-state index is 0.0542. The molecule has 0 unspecified atom stereocenters. The molecule has 0 aromatic heterocycles. The average Bonchev–Trinajstić information content (AvgIpc) is 2.60. The van der Waals surface area contributed by atoms with Crippen LogP contribution in [-0.2, 0) is 23.9 Å². The lowest BCUT2D eigenvalue weighted by Crippen LogP contribution is -2.56. The number of carbonyl (C=O) groups excluding carboxylic acids is 4. The van der Waals surface area contributed by atoms with E-state index in [9.17, 15) is 29.1 Å². The van der Waals surface area contributed by atoms with Gasteiger partial charge in [-0.3, -0.25) is 14.4 Å². The molecule has 0 heterocycles. The summed E-state index contributed by atoms with van der Waals surface area (Å²) in [7, 11) is 3.25. The van der Waals surface area contributed by atoms with Crippen molar-refractivity contribution in [3.63, 3.8) is 0 Å². The number of aliphatic carboxylic acids is 1. The molecule has 0 aliphatic heterocycles. The van der Waals surface area contributed by atoms with E-state index in [4.69, 9.17) is 4.74 Å². The summed E-state index contributed by atoms with van der Waals surface area (Å²) in [5.41, 5.74) is -0.754. The average molecular weight is 445 g/mol. The molecule has 0 spiro atoms. The van der Waals surface area contributed by atoms with E-state index in [1.54, 1.807) is 48.7 Å². The zero-order valence-corrected chi connectivity index (χ0v) is 19.4. The van der Waals surface area contributed by atoms with Crippen molar-refractivity contribution in [2.75, 3.05) is 20.6 Å². The third-order valence-corrected chi connectivity index (χ3v) is 4.02. The molecule has 0 saturated heterocycles. The molecule has 0 bridgehead atoms. The van der Waals surface area contributed by atoms with Crippen LogP contribution in [0.25, 0.3) is 0 Å². The van der Waals surface area contributed by atoms with Crippen molar-refractivity contribution >= 4 is 29.8 Å². The van der Waals surface area contributed by atoms with Crippen LogP contribution in [0.1, 0.15) is 53.9 Å². The molecule has 0 saturated carbocycles. The van der Waals surface area contributed by atoms with Gasteiger partial charge in [0.05, 0.1) is 6.54 Å². The Hall–Kier alpha value is -2.85. The van der Waals surface area contributed by atoms with Crippen molar-refractivity contribution in [1.29, 1.82) is 0 Å². The number of ether oxygens (including phenoxy) is 1. The van der Waals surface area contributed by atoms with Crippen LogP contribution in [-0.4, -0.2) is 78.1 Å². The summed E-state index contributed by atoms with van der Waals surface area (Å²) in [4.78, 5) is 61.0. The normalized spacial score (nSPS) is 13.0. The predicted molar refractivity (Wildman–Crippen MR) is 113 cm³/mol. The van der Waals surface area contributed by atoms with Crippen LogP contribution in [0, 0.1) is 5.92 Å². The lowest BCUT2D eigenvalue weighted by Gasteiger charge is -2.25. The largest absolute Gasteiger partial charge is 0.480 e. The maximum Gasteiger partial charge on any atom is 0.407 e. The second-order valence-electron chi connectivity index (χ2n) is 8.71. The Kier molecular flexibility index (Phi) is 11.6. The van der Waals surface area contributed by atoms with Crippen molar-refractivity contribution in [2.24, 2.45) is 5.92 Å². The van der Waals surface area contributed by atoms with E-state index in [1.165, 1.54) is 4.90 Å². The Balaban J connectivity index is 4.83. The first kappa shape index (κ1) is 28.1. The Morgan fingerprint density at radius 2 is 1.58 bits per heavy atom. The van der Waals surface area contributed by atoms with Gasteiger partial charge in [-0.25, -0.2) is 9.59 Å². The molecule has 11 nitrogen and oxygen atoms in total. The van der Waals surface area contributed by atoms with Crippen LogP contribution >= 0.6 is 0 Å².